The Bertz CT molecular complexity index is 702. The van der Waals surface area contributed by atoms with Crippen molar-refractivity contribution in [3.63, 3.8) is 0 Å². The van der Waals surface area contributed by atoms with Gasteiger partial charge in [-0.1, -0.05) is 6.07 Å². The van der Waals surface area contributed by atoms with E-state index in [1.807, 2.05) is 18.2 Å². The molecule has 0 saturated carbocycles. The summed E-state index contributed by atoms with van der Waals surface area (Å²) in [6, 6.07) is 10.7. The first kappa shape index (κ1) is 12.3. The van der Waals surface area contributed by atoms with E-state index >= 15 is 0 Å². The van der Waals surface area contributed by atoms with Gasteiger partial charge in [-0.15, -0.1) is 0 Å². The van der Waals surface area contributed by atoms with E-state index in [1.54, 1.807) is 18.2 Å². The lowest BCUT2D eigenvalue weighted by atomic mass is 10.1. The summed E-state index contributed by atoms with van der Waals surface area (Å²) in [6.45, 7) is 1.15. The third-order valence-corrected chi connectivity index (χ3v) is 3.12. The van der Waals surface area contributed by atoms with Crippen LogP contribution >= 0.6 is 0 Å². The number of hydrogen-bond donors (Lipinski definition) is 1. The molecule has 5 nitrogen and oxygen atoms in total. The highest BCUT2D eigenvalue weighted by Crippen LogP contribution is 2.21. The predicted molar refractivity (Wildman–Crippen MR) is 71.8 cm³/mol. The van der Waals surface area contributed by atoms with Crippen molar-refractivity contribution >= 4 is 11.7 Å². The second-order valence-electron chi connectivity index (χ2n) is 4.47. The number of fused-ring (bicyclic) bond motifs is 1. The van der Waals surface area contributed by atoms with Gasteiger partial charge in [0.05, 0.1) is 18.8 Å². The van der Waals surface area contributed by atoms with E-state index in [-0.39, 0.29) is 5.91 Å². The highest BCUT2D eigenvalue weighted by Gasteiger charge is 2.14. The van der Waals surface area contributed by atoms with Crippen LogP contribution in [0.4, 0.5) is 5.82 Å². The van der Waals surface area contributed by atoms with Crippen LogP contribution in [0.25, 0.3) is 0 Å². The molecule has 1 aliphatic rings. The zero-order valence-corrected chi connectivity index (χ0v) is 10.6. The number of nitriles is 1. The predicted octanol–water partition coefficient (Wildman–Crippen LogP) is 2.24. The lowest BCUT2D eigenvalue weighted by Gasteiger charge is -2.05. The Morgan fingerprint density at radius 3 is 2.85 bits per heavy atom. The van der Waals surface area contributed by atoms with Gasteiger partial charge < -0.3 is 10.1 Å². The Balaban J connectivity index is 1.77. The molecule has 3 rings (SSSR count). The summed E-state index contributed by atoms with van der Waals surface area (Å²) in [6.07, 6.45) is 1.42. The number of nitrogens with one attached hydrogen (secondary N) is 1. The van der Waals surface area contributed by atoms with Gasteiger partial charge in [0.2, 0.25) is 0 Å². The minimum absolute atomic E-state index is 0.225. The number of pyridine rings is 1. The number of anilines is 1. The van der Waals surface area contributed by atoms with Gasteiger partial charge in [0.15, 0.2) is 0 Å². The van der Waals surface area contributed by atoms with E-state index in [2.05, 4.69) is 10.3 Å². The van der Waals surface area contributed by atoms with Crippen molar-refractivity contribution in [3.05, 3.63) is 58.8 Å². The Labute approximate surface area is 115 Å². The number of ether oxygens (including phenoxy) is 1. The topological polar surface area (TPSA) is 75.0 Å². The summed E-state index contributed by atoms with van der Waals surface area (Å²) in [5.41, 5.74) is 3.20. The fourth-order valence-electron chi connectivity index (χ4n) is 2.04. The number of carbonyl (C=O) groups is 1. The van der Waals surface area contributed by atoms with Crippen LogP contribution in [0.15, 0.2) is 36.5 Å². The maximum absolute atomic E-state index is 12.1. The molecule has 2 heterocycles. The van der Waals surface area contributed by atoms with Crippen LogP contribution in [-0.4, -0.2) is 10.9 Å². The lowest BCUT2D eigenvalue weighted by molar-refractivity contribution is 0.102. The van der Waals surface area contributed by atoms with Crippen molar-refractivity contribution in [2.24, 2.45) is 0 Å². The third kappa shape index (κ3) is 2.37. The lowest BCUT2D eigenvalue weighted by Crippen LogP contribution is -2.13. The smallest absolute Gasteiger partial charge is 0.256 e. The Hall–Kier alpha value is -2.71. The van der Waals surface area contributed by atoms with Crippen LogP contribution < -0.4 is 5.32 Å². The second-order valence-corrected chi connectivity index (χ2v) is 4.47. The van der Waals surface area contributed by atoms with Crippen molar-refractivity contribution in [3.8, 4) is 6.07 Å². The van der Waals surface area contributed by atoms with E-state index < -0.39 is 0 Å². The molecule has 98 valence electrons. The van der Waals surface area contributed by atoms with Crippen molar-refractivity contribution < 1.29 is 9.53 Å². The van der Waals surface area contributed by atoms with Crippen molar-refractivity contribution in [1.29, 1.82) is 5.26 Å². The number of nitrogens with zero attached hydrogens (tertiary/aromatic N) is 2. The molecule has 5 heteroatoms. The van der Waals surface area contributed by atoms with Crippen LogP contribution in [0.1, 0.15) is 27.0 Å². The molecule has 2 aromatic rings. The molecular formula is C15H11N3O2. The van der Waals surface area contributed by atoms with E-state index in [0.29, 0.717) is 30.2 Å². The molecule has 1 aromatic heterocycles. The number of benzene rings is 1. The third-order valence-electron chi connectivity index (χ3n) is 3.12. The van der Waals surface area contributed by atoms with Gasteiger partial charge in [0.1, 0.15) is 11.9 Å². The summed E-state index contributed by atoms with van der Waals surface area (Å²) >= 11 is 0. The number of amides is 1. The maximum Gasteiger partial charge on any atom is 0.256 e. The van der Waals surface area contributed by atoms with Gasteiger partial charge >= 0.3 is 0 Å². The Kier molecular flexibility index (Phi) is 3.15. The second kappa shape index (κ2) is 5.11. The van der Waals surface area contributed by atoms with Crippen LogP contribution in [0.5, 0.6) is 0 Å². The largest absolute Gasteiger partial charge is 0.372 e. The summed E-state index contributed by atoms with van der Waals surface area (Å²) in [4.78, 5) is 16.1. The van der Waals surface area contributed by atoms with Gasteiger partial charge in [-0.05, 0) is 35.4 Å². The summed E-state index contributed by atoms with van der Waals surface area (Å²) in [5, 5.41) is 11.4. The van der Waals surface area contributed by atoms with Crippen molar-refractivity contribution in [1.82, 2.24) is 4.98 Å². The van der Waals surface area contributed by atoms with E-state index in [0.717, 1.165) is 11.1 Å². The molecular weight excluding hydrogens is 254 g/mol. The minimum Gasteiger partial charge on any atom is -0.372 e. The van der Waals surface area contributed by atoms with Gasteiger partial charge in [-0.25, -0.2) is 4.98 Å². The molecule has 0 radical (unpaired) electrons. The number of aromatic nitrogens is 1. The zero-order valence-electron chi connectivity index (χ0n) is 10.6. The molecule has 1 N–H and O–H groups in total. The molecule has 0 fully saturated rings. The van der Waals surface area contributed by atoms with Crippen molar-refractivity contribution in [2.45, 2.75) is 13.2 Å². The average Bonchev–Trinajstić information content (AvgIpc) is 2.95. The summed E-state index contributed by atoms with van der Waals surface area (Å²) in [7, 11) is 0. The van der Waals surface area contributed by atoms with Crippen LogP contribution in [0.3, 0.4) is 0 Å². The highest BCUT2D eigenvalue weighted by atomic mass is 16.5. The Morgan fingerprint density at radius 1 is 1.25 bits per heavy atom. The average molecular weight is 265 g/mol. The fraction of sp³-hybridized carbons (Fsp3) is 0.133. The van der Waals surface area contributed by atoms with Gasteiger partial charge in [0, 0.05) is 11.8 Å². The van der Waals surface area contributed by atoms with E-state index in [9.17, 15) is 4.79 Å². The monoisotopic (exact) mass is 265 g/mol. The maximum atomic E-state index is 12.1. The molecule has 0 bridgehead atoms. The number of hydrogen-bond acceptors (Lipinski definition) is 4. The van der Waals surface area contributed by atoms with Gasteiger partial charge in [-0.2, -0.15) is 5.26 Å². The first-order valence-corrected chi connectivity index (χ1v) is 6.13. The summed E-state index contributed by atoms with van der Waals surface area (Å²) in [5.74, 6) is 0.197. The van der Waals surface area contributed by atoms with Crippen LogP contribution in [0, 0.1) is 11.3 Å². The van der Waals surface area contributed by atoms with E-state index in [4.69, 9.17) is 10.00 Å². The van der Waals surface area contributed by atoms with E-state index in [1.165, 1.54) is 6.20 Å². The molecule has 1 aliphatic heterocycles. The highest BCUT2D eigenvalue weighted by molar-refractivity contribution is 6.03. The molecule has 1 amide bonds. The Morgan fingerprint density at radius 2 is 2.10 bits per heavy atom. The molecule has 20 heavy (non-hydrogen) atoms. The number of rotatable bonds is 2. The fourth-order valence-corrected chi connectivity index (χ4v) is 2.04. The molecule has 0 aliphatic carbocycles. The first-order valence-electron chi connectivity index (χ1n) is 6.13. The van der Waals surface area contributed by atoms with Gasteiger partial charge in [-0.3, -0.25) is 4.79 Å². The van der Waals surface area contributed by atoms with Crippen LogP contribution in [0.2, 0.25) is 0 Å². The van der Waals surface area contributed by atoms with Crippen molar-refractivity contribution in [2.75, 3.05) is 5.32 Å². The minimum atomic E-state index is -0.225. The molecule has 0 atom stereocenters. The number of carbonyl (C=O) groups excluding carboxylic acids is 1. The van der Waals surface area contributed by atoms with Gasteiger partial charge in [0.25, 0.3) is 5.91 Å². The molecule has 1 aromatic carbocycles. The molecule has 0 unspecified atom stereocenters. The SMILES string of the molecule is N#Cc1ccc(NC(=O)c2ccc3c(c2)COC3)nc1. The molecule has 0 saturated heterocycles. The normalized spacial score (nSPS) is 12.6. The standard InChI is InChI=1S/C15H11N3O2/c16-6-10-1-4-14(17-7-10)18-15(19)11-2-3-12-8-20-9-13(12)5-11/h1-5,7H,8-9H2,(H,17,18,19). The molecule has 0 spiro atoms. The first-order chi connectivity index (χ1) is 9.76. The summed E-state index contributed by atoms with van der Waals surface area (Å²) < 4.78 is 5.32. The quantitative estimate of drug-likeness (QED) is 0.903. The zero-order chi connectivity index (χ0) is 13.9. The van der Waals surface area contributed by atoms with Crippen LogP contribution in [-0.2, 0) is 18.0 Å².